The van der Waals surface area contributed by atoms with Crippen LogP contribution in [0.25, 0.3) is 16.6 Å². The van der Waals surface area contributed by atoms with Crippen LogP contribution in [-0.2, 0) is 0 Å². The summed E-state index contributed by atoms with van der Waals surface area (Å²) in [5.74, 6) is 1.64. The van der Waals surface area contributed by atoms with E-state index < -0.39 is 5.60 Å². The monoisotopic (exact) mass is 511 g/mol. The van der Waals surface area contributed by atoms with Crippen molar-refractivity contribution in [2.24, 2.45) is 0 Å². The van der Waals surface area contributed by atoms with Crippen molar-refractivity contribution in [1.29, 1.82) is 5.26 Å². The van der Waals surface area contributed by atoms with Gasteiger partial charge < -0.3 is 14.7 Å². The number of nitrogens with zero attached hydrogens (tertiary/aromatic N) is 7. The van der Waals surface area contributed by atoms with E-state index in [2.05, 4.69) is 26.0 Å². The topological polar surface area (TPSA) is 120 Å². The van der Waals surface area contributed by atoms with Crippen LogP contribution in [0.5, 0.6) is 5.75 Å². The van der Waals surface area contributed by atoms with Crippen molar-refractivity contribution in [1.82, 2.24) is 19.6 Å². The van der Waals surface area contributed by atoms with Gasteiger partial charge in [-0.25, -0.2) is 14.5 Å². The number of fused-ring (bicyclic) bond motifs is 1. The molecule has 0 spiro atoms. The number of ether oxygens (including phenoxy) is 1. The molecule has 1 N–H and O–H groups in total. The molecule has 38 heavy (non-hydrogen) atoms. The smallest absolute Gasteiger partial charge is 0.260 e. The maximum absolute atomic E-state index is 13.1. The zero-order valence-corrected chi connectivity index (χ0v) is 21.6. The molecular weight excluding hydrogens is 482 g/mol. The second-order valence-corrected chi connectivity index (χ2v) is 10.0. The molecule has 1 fully saturated rings. The van der Waals surface area contributed by atoms with Crippen molar-refractivity contribution >= 4 is 23.1 Å². The predicted octanol–water partition coefficient (Wildman–Crippen LogP) is 3.69. The molecule has 10 heteroatoms. The van der Waals surface area contributed by atoms with Gasteiger partial charge in [-0.15, -0.1) is 0 Å². The van der Waals surface area contributed by atoms with Gasteiger partial charge in [-0.1, -0.05) is 0 Å². The summed E-state index contributed by atoms with van der Waals surface area (Å²) in [4.78, 5) is 25.8. The fraction of sp³-hybridized carbons (Fsp3) is 0.321. The summed E-state index contributed by atoms with van der Waals surface area (Å²) >= 11 is 0. The van der Waals surface area contributed by atoms with E-state index >= 15 is 0 Å². The normalized spacial score (nSPS) is 13.5. The van der Waals surface area contributed by atoms with E-state index in [0.717, 1.165) is 37.3 Å². The molecule has 5 rings (SSSR count). The number of pyridine rings is 3. The average molecular weight is 512 g/mol. The summed E-state index contributed by atoms with van der Waals surface area (Å²) in [6.07, 6.45) is 8.75. The summed E-state index contributed by atoms with van der Waals surface area (Å²) in [6, 6.07) is 11.2. The van der Waals surface area contributed by atoms with Gasteiger partial charge in [0.25, 0.3) is 5.91 Å². The highest BCUT2D eigenvalue weighted by Crippen LogP contribution is 2.31. The molecule has 1 aliphatic rings. The number of carbonyl (C=O) groups is 1. The van der Waals surface area contributed by atoms with Gasteiger partial charge in [0.1, 0.15) is 30.1 Å². The van der Waals surface area contributed by atoms with E-state index in [1.54, 1.807) is 62.2 Å². The Kier molecular flexibility index (Phi) is 6.70. The van der Waals surface area contributed by atoms with Gasteiger partial charge in [0, 0.05) is 43.7 Å². The van der Waals surface area contributed by atoms with E-state index in [-0.39, 0.29) is 12.5 Å². The zero-order valence-electron chi connectivity index (χ0n) is 21.6. The minimum Gasteiger partial charge on any atom is -0.489 e. The highest BCUT2D eigenvalue weighted by molar-refractivity contribution is 6.05. The molecule has 1 saturated heterocycles. The molecule has 5 heterocycles. The summed E-state index contributed by atoms with van der Waals surface area (Å²) in [5.41, 5.74) is 1.92. The van der Waals surface area contributed by atoms with Crippen molar-refractivity contribution < 1.29 is 14.6 Å². The molecule has 1 amide bonds. The van der Waals surface area contributed by atoms with Crippen LogP contribution < -0.4 is 14.5 Å². The third kappa shape index (κ3) is 5.14. The van der Waals surface area contributed by atoms with E-state index in [1.807, 2.05) is 12.1 Å². The Morgan fingerprint density at radius 2 is 1.95 bits per heavy atom. The molecule has 194 valence electrons. The third-order valence-corrected chi connectivity index (χ3v) is 6.43. The Bertz CT molecular complexity index is 1490. The molecule has 0 atom stereocenters. The second-order valence-electron chi connectivity index (χ2n) is 10.0. The molecule has 0 aliphatic carbocycles. The number of aliphatic hydroxyl groups is 1. The summed E-state index contributed by atoms with van der Waals surface area (Å²) < 4.78 is 7.37. The lowest BCUT2D eigenvalue weighted by Crippen LogP contribution is -2.28. The van der Waals surface area contributed by atoms with Crippen LogP contribution in [0.15, 0.2) is 55.1 Å². The van der Waals surface area contributed by atoms with E-state index in [9.17, 15) is 15.2 Å². The Morgan fingerprint density at radius 3 is 2.58 bits per heavy atom. The Morgan fingerprint density at radius 1 is 1.16 bits per heavy atom. The van der Waals surface area contributed by atoms with Crippen LogP contribution >= 0.6 is 0 Å². The first-order chi connectivity index (χ1) is 18.2. The van der Waals surface area contributed by atoms with Crippen molar-refractivity contribution in [3.8, 4) is 22.9 Å². The van der Waals surface area contributed by atoms with Gasteiger partial charge in [-0.05, 0) is 57.0 Å². The molecule has 0 radical (unpaired) electrons. The molecule has 4 aromatic heterocycles. The minimum atomic E-state index is -1.01. The van der Waals surface area contributed by atoms with Crippen molar-refractivity contribution in [3.05, 3.63) is 66.2 Å². The lowest BCUT2D eigenvalue weighted by atomic mass is 10.1. The zero-order chi connectivity index (χ0) is 26.9. The number of hydrogen-bond acceptors (Lipinski definition) is 8. The Hall–Kier alpha value is -4.49. The first-order valence-electron chi connectivity index (χ1n) is 12.5. The first kappa shape index (κ1) is 25.2. The van der Waals surface area contributed by atoms with Gasteiger partial charge in [-0.2, -0.15) is 10.4 Å². The van der Waals surface area contributed by atoms with Gasteiger partial charge in [0.2, 0.25) is 0 Å². The van der Waals surface area contributed by atoms with Crippen molar-refractivity contribution in [2.45, 2.75) is 32.3 Å². The molecule has 0 aromatic carbocycles. The number of aromatic nitrogens is 4. The van der Waals surface area contributed by atoms with Crippen LogP contribution in [-0.4, -0.2) is 62.9 Å². The molecule has 0 unspecified atom stereocenters. The fourth-order valence-corrected chi connectivity index (χ4v) is 4.43. The second kappa shape index (κ2) is 10.1. The largest absolute Gasteiger partial charge is 0.489 e. The van der Waals surface area contributed by atoms with Crippen LogP contribution in [0.2, 0.25) is 0 Å². The molecule has 0 bridgehead atoms. The summed E-state index contributed by atoms with van der Waals surface area (Å²) in [6.45, 7) is 5.39. The molecular formula is C28H29N7O3. The lowest BCUT2D eigenvalue weighted by molar-refractivity contribution is 0.0283. The van der Waals surface area contributed by atoms with Crippen LogP contribution in [0.1, 0.15) is 42.6 Å². The van der Waals surface area contributed by atoms with Gasteiger partial charge >= 0.3 is 0 Å². The van der Waals surface area contributed by atoms with Crippen LogP contribution in [0, 0.1) is 11.3 Å². The molecule has 1 aliphatic heterocycles. The maximum Gasteiger partial charge on any atom is 0.260 e. The number of amides is 1. The van der Waals surface area contributed by atoms with Crippen LogP contribution in [0.3, 0.4) is 0 Å². The predicted molar refractivity (Wildman–Crippen MR) is 143 cm³/mol. The van der Waals surface area contributed by atoms with E-state index in [0.29, 0.717) is 33.8 Å². The van der Waals surface area contributed by atoms with Crippen molar-refractivity contribution in [2.75, 3.05) is 36.5 Å². The Labute approximate surface area is 220 Å². The maximum atomic E-state index is 13.1. The highest BCUT2D eigenvalue weighted by Gasteiger charge is 2.20. The Balaban J connectivity index is 1.40. The number of carbonyl (C=O) groups excluding carboxylic acids is 1. The SMILES string of the molecule is CN(C(=O)c1ccc(N2CCCC2)nc1)c1ccc(-c2cc(OCC(C)(C)O)cn3ncc(C#N)c23)cn1. The quantitative estimate of drug-likeness (QED) is 0.399. The van der Waals surface area contributed by atoms with Crippen molar-refractivity contribution in [3.63, 3.8) is 0 Å². The van der Waals surface area contributed by atoms with E-state index in [4.69, 9.17) is 4.74 Å². The third-order valence-electron chi connectivity index (χ3n) is 6.43. The number of hydrogen-bond donors (Lipinski definition) is 1. The summed E-state index contributed by atoms with van der Waals surface area (Å²) in [5, 5.41) is 23.9. The first-order valence-corrected chi connectivity index (χ1v) is 12.5. The van der Waals surface area contributed by atoms with Gasteiger partial charge in [-0.3, -0.25) is 9.69 Å². The standard InChI is InChI=1S/C28H29N7O3/c1-28(2,37)18-38-22-12-23(26-21(13-29)16-32-35(26)17-22)19-6-8-24(30-14-19)33(3)27(36)20-7-9-25(31-15-20)34-10-4-5-11-34/h6-9,12,14-17,37H,4-5,10-11,18H2,1-3H3. The highest BCUT2D eigenvalue weighted by atomic mass is 16.5. The minimum absolute atomic E-state index is 0.0856. The summed E-state index contributed by atoms with van der Waals surface area (Å²) in [7, 11) is 1.67. The van der Waals surface area contributed by atoms with Gasteiger partial charge in [0.05, 0.1) is 34.6 Å². The fourth-order valence-electron chi connectivity index (χ4n) is 4.43. The average Bonchev–Trinajstić information content (AvgIpc) is 3.61. The lowest BCUT2D eigenvalue weighted by Gasteiger charge is -2.19. The van der Waals surface area contributed by atoms with E-state index in [1.165, 1.54) is 11.1 Å². The number of nitriles is 1. The molecule has 0 saturated carbocycles. The number of anilines is 2. The molecule has 4 aromatic rings. The van der Waals surface area contributed by atoms with Gasteiger partial charge in [0.15, 0.2) is 0 Å². The van der Waals surface area contributed by atoms with Crippen LogP contribution in [0.4, 0.5) is 11.6 Å². The molecule has 10 nitrogen and oxygen atoms in total. The number of rotatable bonds is 7.